The van der Waals surface area contributed by atoms with Gasteiger partial charge in [-0.2, -0.15) is 0 Å². The number of hydrazine groups is 1. The number of nitrogens with one attached hydrogen (secondary N) is 2. The Morgan fingerprint density at radius 2 is 1.83 bits per heavy atom. The third kappa shape index (κ3) is 4.60. The number of ether oxygens (including phenoxy) is 2. The standard InChI is InChI=1S/C15H18N2O6/c1-15(2,7-13(19)20)6-12(18)16-17-14(21)9-3-4-10-11(5-9)23-8-22-10/h3-5H,6-8H2,1-2H3,(H,16,18)(H,17,21)(H,19,20). The van der Waals surface area contributed by atoms with Crippen LogP contribution >= 0.6 is 0 Å². The first kappa shape index (κ1) is 16.6. The highest BCUT2D eigenvalue weighted by molar-refractivity contribution is 5.96. The minimum Gasteiger partial charge on any atom is -0.481 e. The Balaban J connectivity index is 1.86. The van der Waals surface area contributed by atoms with E-state index >= 15 is 0 Å². The van der Waals surface area contributed by atoms with E-state index in [0.29, 0.717) is 17.1 Å². The minimum atomic E-state index is -0.979. The SMILES string of the molecule is CC(C)(CC(=O)O)CC(=O)NNC(=O)c1ccc2c(c1)OCO2. The topological polar surface area (TPSA) is 114 Å². The normalized spacial score (nSPS) is 12.6. The largest absolute Gasteiger partial charge is 0.481 e. The Bertz CT molecular complexity index is 641. The van der Waals surface area contributed by atoms with Crippen molar-refractivity contribution in [2.24, 2.45) is 5.41 Å². The Hall–Kier alpha value is -2.77. The number of fused-ring (bicyclic) bond motifs is 1. The molecular weight excluding hydrogens is 304 g/mol. The predicted octanol–water partition coefficient (Wildman–Crippen LogP) is 1.07. The summed E-state index contributed by atoms with van der Waals surface area (Å²) in [4.78, 5) is 34.5. The lowest BCUT2D eigenvalue weighted by Gasteiger charge is -2.21. The Morgan fingerprint density at radius 1 is 1.13 bits per heavy atom. The summed E-state index contributed by atoms with van der Waals surface area (Å²) in [7, 11) is 0. The molecule has 23 heavy (non-hydrogen) atoms. The summed E-state index contributed by atoms with van der Waals surface area (Å²) in [5.74, 6) is -0.933. The first-order valence-electron chi connectivity index (χ1n) is 6.97. The molecule has 1 aromatic carbocycles. The van der Waals surface area contributed by atoms with Crippen molar-refractivity contribution < 1.29 is 29.0 Å². The highest BCUT2D eigenvalue weighted by atomic mass is 16.7. The summed E-state index contributed by atoms with van der Waals surface area (Å²) in [6, 6.07) is 4.66. The van der Waals surface area contributed by atoms with Gasteiger partial charge in [-0.3, -0.25) is 25.2 Å². The number of hydrogen-bond donors (Lipinski definition) is 3. The smallest absolute Gasteiger partial charge is 0.303 e. The molecule has 0 unspecified atom stereocenters. The second kappa shape index (κ2) is 6.55. The van der Waals surface area contributed by atoms with Crippen molar-refractivity contribution in [3.8, 4) is 11.5 Å². The number of hydrogen-bond acceptors (Lipinski definition) is 5. The Labute approximate surface area is 132 Å². The molecule has 2 amide bonds. The van der Waals surface area contributed by atoms with E-state index in [2.05, 4.69) is 10.9 Å². The van der Waals surface area contributed by atoms with Crippen molar-refractivity contribution in [2.45, 2.75) is 26.7 Å². The van der Waals surface area contributed by atoms with E-state index < -0.39 is 23.2 Å². The van der Waals surface area contributed by atoms with Gasteiger partial charge < -0.3 is 14.6 Å². The summed E-state index contributed by atoms with van der Waals surface area (Å²) < 4.78 is 10.3. The molecule has 1 aromatic rings. The van der Waals surface area contributed by atoms with Gasteiger partial charge in [0.15, 0.2) is 11.5 Å². The van der Waals surface area contributed by atoms with Crippen molar-refractivity contribution in [2.75, 3.05) is 6.79 Å². The number of aliphatic carboxylic acids is 1. The van der Waals surface area contributed by atoms with Crippen molar-refractivity contribution >= 4 is 17.8 Å². The molecular formula is C15H18N2O6. The number of amides is 2. The lowest BCUT2D eigenvalue weighted by atomic mass is 9.85. The fourth-order valence-corrected chi connectivity index (χ4v) is 2.19. The van der Waals surface area contributed by atoms with Crippen LogP contribution in [0.3, 0.4) is 0 Å². The van der Waals surface area contributed by atoms with E-state index in [1.165, 1.54) is 6.07 Å². The summed E-state index contributed by atoms with van der Waals surface area (Å²) in [5.41, 5.74) is 4.15. The average Bonchev–Trinajstić information content (AvgIpc) is 2.89. The third-order valence-corrected chi connectivity index (χ3v) is 3.22. The average molecular weight is 322 g/mol. The van der Waals surface area contributed by atoms with Crippen LogP contribution in [0.2, 0.25) is 0 Å². The van der Waals surface area contributed by atoms with Crippen LogP contribution in [0.4, 0.5) is 0 Å². The van der Waals surface area contributed by atoms with Crippen LogP contribution in [-0.2, 0) is 9.59 Å². The molecule has 0 spiro atoms. The van der Waals surface area contributed by atoms with E-state index in [9.17, 15) is 14.4 Å². The molecule has 124 valence electrons. The van der Waals surface area contributed by atoms with Gasteiger partial charge in [-0.15, -0.1) is 0 Å². The molecule has 0 fully saturated rings. The van der Waals surface area contributed by atoms with Crippen LogP contribution in [0.5, 0.6) is 11.5 Å². The van der Waals surface area contributed by atoms with Crippen LogP contribution in [0.25, 0.3) is 0 Å². The van der Waals surface area contributed by atoms with Crippen LogP contribution in [0, 0.1) is 5.41 Å². The van der Waals surface area contributed by atoms with E-state index in [4.69, 9.17) is 14.6 Å². The molecule has 1 heterocycles. The number of benzene rings is 1. The molecule has 0 radical (unpaired) electrons. The molecule has 0 aliphatic carbocycles. The first-order chi connectivity index (χ1) is 10.8. The fourth-order valence-electron chi connectivity index (χ4n) is 2.19. The van der Waals surface area contributed by atoms with E-state index in [1.54, 1.807) is 26.0 Å². The monoisotopic (exact) mass is 322 g/mol. The van der Waals surface area contributed by atoms with Crippen molar-refractivity contribution in [3.63, 3.8) is 0 Å². The van der Waals surface area contributed by atoms with Gasteiger partial charge in [0, 0.05) is 12.0 Å². The summed E-state index contributed by atoms with van der Waals surface area (Å²) in [5, 5.41) is 8.78. The lowest BCUT2D eigenvalue weighted by molar-refractivity contribution is -0.139. The fraction of sp³-hybridized carbons (Fsp3) is 0.400. The van der Waals surface area contributed by atoms with Crippen molar-refractivity contribution in [1.82, 2.24) is 10.9 Å². The molecule has 0 atom stereocenters. The minimum absolute atomic E-state index is 0.0271. The lowest BCUT2D eigenvalue weighted by Crippen LogP contribution is -2.43. The summed E-state index contributed by atoms with van der Waals surface area (Å²) >= 11 is 0. The highest BCUT2D eigenvalue weighted by Crippen LogP contribution is 2.32. The maximum Gasteiger partial charge on any atom is 0.303 e. The van der Waals surface area contributed by atoms with Gasteiger partial charge in [0.05, 0.1) is 6.42 Å². The molecule has 0 saturated carbocycles. The maximum absolute atomic E-state index is 12.0. The molecule has 1 aliphatic rings. The third-order valence-electron chi connectivity index (χ3n) is 3.22. The van der Waals surface area contributed by atoms with Gasteiger partial charge in [0.2, 0.25) is 12.7 Å². The zero-order valence-corrected chi connectivity index (χ0v) is 12.8. The van der Waals surface area contributed by atoms with Crippen LogP contribution in [-0.4, -0.2) is 29.7 Å². The summed E-state index contributed by atoms with van der Waals surface area (Å²) in [6.45, 7) is 3.44. The molecule has 1 aliphatic heterocycles. The van der Waals surface area contributed by atoms with Crippen molar-refractivity contribution in [3.05, 3.63) is 23.8 Å². The first-order valence-corrected chi connectivity index (χ1v) is 6.97. The molecule has 8 nitrogen and oxygen atoms in total. The van der Waals surface area contributed by atoms with E-state index in [0.717, 1.165) is 0 Å². The molecule has 0 bridgehead atoms. The van der Waals surface area contributed by atoms with Gasteiger partial charge in [-0.05, 0) is 23.6 Å². The molecule has 3 N–H and O–H groups in total. The number of carboxylic acids is 1. The predicted molar refractivity (Wildman–Crippen MR) is 78.8 cm³/mol. The second-order valence-corrected chi connectivity index (χ2v) is 5.98. The van der Waals surface area contributed by atoms with E-state index in [1.807, 2.05) is 0 Å². The highest BCUT2D eigenvalue weighted by Gasteiger charge is 2.25. The molecule has 0 aromatic heterocycles. The number of rotatable bonds is 5. The number of carboxylic acid groups (broad SMARTS) is 1. The van der Waals surface area contributed by atoms with Crippen LogP contribution in [0.15, 0.2) is 18.2 Å². The second-order valence-electron chi connectivity index (χ2n) is 5.98. The van der Waals surface area contributed by atoms with Gasteiger partial charge >= 0.3 is 5.97 Å². The number of carbonyl (C=O) groups is 3. The Kier molecular flexibility index (Phi) is 4.73. The molecule has 0 saturated heterocycles. The number of carbonyl (C=O) groups excluding carboxylic acids is 2. The Morgan fingerprint density at radius 3 is 2.52 bits per heavy atom. The van der Waals surface area contributed by atoms with Gasteiger partial charge in [-0.25, -0.2) is 0 Å². The van der Waals surface area contributed by atoms with Gasteiger partial charge in [0.25, 0.3) is 5.91 Å². The van der Waals surface area contributed by atoms with Gasteiger partial charge in [0.1, 0.15) is 0 Å². The quantitative estimate of drug-likeness (QED) is 0.699. The van der Waals surface area contributed by atoms with Gasteiger partial charge in [-0.1, -0.05) is 13.8 Å². The molecule has 8 heteroatoms. The van der Waals surface area contributed by atoms with Crippen LogP contribution < -0.4 is 20.3 Å². The zero-order chi connectivity index (χ0) is 17.0. The van der Waals surface area contributed by atoms with Crippen LogP contribution in [0.1, 0.15) is 37.0 Å². The summed E-state index contributed by atoms with van der Waals surface area (Å²) in [6.07, 6.45) is -0.169. The maximum atomic E-state index is 12.0. The van der Waals surface area contributed by atoms with Crippen molar-refractivity contribution in [1.29, 1.82) is 0 Å². The van der Waals surface area contributed by atoms with E-state index in [-0.39, 0.29) is 19.6 Å². The molecule has 2 rings (SSSR count). The zero-order valence-electron chi connectivity index (χ0n) is 12.8.